The summed E-state index contributed by atoms with van der Waals surface area (Å²) in [5.41, 5.74) is 9.01. The molecule has 98 valence electrons. The number of fused-ring (bicyclic) bond motifs is 1. The second kappa shape index (κ2) is 4.84. The number of ether oxygens (including phenoxy) is 1. The lowest BCUT2D eigenvalue weighted by atomic mass is 10.0. The molecule has 0 amide bonds. The molecule has 2 aromatic carbocycles. The van der Waals surface area contributed by atoms with Gasteiger partial charge in [-0.2, -0.15) is 0 Å². The molecule has 0 aromatic heterocycles. The van der Waals surface area contributed by atoms with Crippen molar-refractivity contribution in [3.63, 3.8) is 0 Å². The van der Waals surface area contributed by atoms with Crippen LogP contribution < -0.4 is 15.4 Å². The van der Waals surface area contributed by atoms with Crippen molar-refractivity contribution in [2.75, 3.05) is 24.2 Å². The second-order valence-electron chi connectivity index (χ2n) is 4.96. The van der Waals surface area contributed by atoms with Crippen LogP contribution in [0.25, 0.3) is 0 Å². The fourth-order valence-corrected chi connectivity index (χ4v) is 2.57. The van der Waals surface area contributed by atoms with E-state index in [1.54, 1.807) is 0 Å². The minimum Gasteiger partial charge on any atom is -0.455 e. The second-order valence-corrected chi connectivity index (χ2v) is 4.96. The molecular weight excluding hydrogens is 236 g/mol. The van der Waals surface area contributed by atoms with Crippen LogP contribution in [0.15, 0.2) is 42.5 Å². The number of para-hydroxylation sites is 1. The Hall–Kier alpha value is -2.16. The Morgan fingerprint density at radius 2 is 1.89 bits per heavy atom. The van der Waals surface area contributed by atoms with Gasteiger partial charge in [-0.15, -0.1) is 0 Å². The van der Waals surface area contributed by atoms with Gasteiger partial charge in [-0.05, 0) is 48.7 Å². The highest BCUT2D eigenvalue weighted by molar-refractivity contribution is 5.65. The van der Waals surface area contributed by atoms with Crippen molar-refractivity contribution in [3.05, 3.63) is 48.0 Å². The fraction of sp³-hybridized carbons (Fsp3) is 0.250. The van der Waals surface area contributed by atoms with Crippen LogP contribution in [0.2, 0.25) is 0 Å². The van der Waals surface area contributed by atoms with Crippen LogP contribution in [0.4, 0.5) is 11.4 Å². The molecule has 0 unspecified atom stereocenters. The average Bonchev–Trinajstić information content (AvgIpc) is 2.42. The van der Waals surface area contributed by atoms with E-state index in [1.165, 1.54) is 17.7 Å². The molecule has 19 heavy (non-hydrogen) atoms. The van der Waals surface area contributed by atoms with E-state index in [-0.39, 0.29) is 0 Å². The molecule has 3 rings (SSSR count). The summed E-state index contributed by atoms with van der Waals surface area (Å²) < 4.78 is 6.00. The number of benzene rings is 2. The molecule has 1 aliphatic rings. The monoisotopic (exact) mass is 254 g/mol. The number of aryl methyl sites for hydroxylation is 1. The number of nitrogen functional groups attached to an aromatic ring is 1. The van der Waals surface area contributed by atoms with Crippen molar-refractivity contribution in [2.24, 2.45) is 0 Å². The first-order chi connectivity index (χ1) is 9.24. The van der Waals surface area contributed by atoms with Crippen LogP contribution in [0.5, 0.6) is 11.5 Å². The van der Waals surface area contributed by atoms with E-state index in [1.807, 2.05) is 30.3 Å². The van der Waals surface area contributed by atoms with Crippen molar-refractivity contribution in [2.45, 2.75) is 12.8 Å². The summed E-state index contributed by atoms with van der Waals surface area (Å²) in [5, 5.41) is 0. The van der Waals surface area contributed by atoms with Gasteiger partial charge in [0.05, 0.1) is 5.69 Å². The van der Waals surface area contributed by atoms with E-state index >= 15 is 0 Å². The maximum Gasteiger partial charge on any atom is 0.150 e. The highest BCUT2D eigenvalue weighted by atomic mass is 16.5. The Kier molecular flexibility index (Phi) is 3.03. The molecule has 0 radical (unpaired) electrons. The number of anilines is 2. The summed E-state index contributed by atoms with van der Waals surface area (Å²) in [6.45, 7) is 1.08. The van der Waals surface area contributed by atoms with Crippen molar-refractivity contribution in [3.8, 4) is 11.5 Å². The summed E-state index contributed by atoms with van der Waals surface area (Å²) >= 11 is 0. The smallest absolute Gasteiger partial charge is 0.150 e. The molecule has 0 atom stereocenters. The number of nitrogens with zero attached hydrogens (tertiary/aromatic N) is 1. The van der Waals surface area contributed by atoms with Gasteiger partial charge < -0.3 is 15.4 Å². The molecule has 2 N–H and O–H groups in total. The van der Waals surface area contributed by atoms with Crippen molar-refractivity contribution < 1.29 is 4.74 Å². The minimum atomic E-state index is 0.750. The lowest BCUT2D eigenvalue weighted by Crippen LogP contribution is -2.25. The van der Waals surface area contributed by atoms with Gasteiger partial charge in [-0.3, -0.25) is 0 Å². The Bertz CT molecular complexity index is 578. The van der Waals surface area contributed by atoms with Gasteiger partial charge in [0.25, 0.3) is 0 Å². The standard InChI is InChI=1S/C16H18N2O/c1-18-11-3-5-12-4-2-6-15(16(12)18)19-14-9-7-13(17)8-10-14/h2,4,6-10H,3,5,11,17H2,1H3. The van der Waals surface area contributed by atoms with Gasteiger partial charge in [-0.25, -0.2) is 0 Å². The van der Waals surface area contributed by atoms with E-state index in [0.29, 0.717) is 0 Å². The SMILES string of the molecule is CN1CCCc2cccc(Oc3ccc(N)cc3)c21. The highest BCUT2D eigenvalue weighted by Crippen LogP contribution is 2.37. The Morgan fingerprint density at radius 3 is 2.68 bits per heavy atom. The molecule has 0 saturated carbocycles. The van der Waals surface area contributed by atoms with Crippen LogP contribution in [-0.2, 0) is 6.42 Å². The molecule has 0 fully saturated rings. The largest absolute Gasteiger partial charge is 0.455 e. The molecule has 1 aliphatic heterocycles. The molecule has 3 heteroatoms. The number of hydrogen-bond donors (Lipinski definition) is 1. The summed E-state index contributed by atoms with van der Waals surface area (Å²) in [7, 11) is 2.12. The third kappa shape index (κ3) is 2.36. The van der Waals surface area contributed by atoms with Gasteiger partial charge in [0, 0.05) is 19.3 Å². The highest BCUT2D eigenvalue weighted by Gasteiger charge is 2.18. The number of rotatable bonds is 2. The normalized spacial score (nSPS) is 14.1. The Balaban J connectivity index is 1.95. The van der Waals surface area contributed by atoms with Gasteiger partial charge in [0.1, 0.15) is 5.75 Å². The molecule has 0 saturated heterocycles. The van der Waals surface area contributed by atoms with Crippen molar-refractivity contribution >= 4 is 11.4 Å². The zero-order valence-electron chi connectivity index (χ0n) is 11.1. The van der Waals surface area contributed by atoms with E-state index in [4.69, 9.17) is 10.5 Å². The topological polar surface area (TPSA) is 38.5 Å². The lowest BCUT2D eigenvalue weighted by molar-refractivity contribution is 0.479. The third-order valence-corrected chi connectivity index (χ3v) is 3.51. The number of nitrogens with two attached hydrogens (primary N) is 1. The predicted octanol–water partition coefficient (Wildman–Crippen LogP) is 3.44. The predicted molar refractivity (Wildman–Crippen MR) is 79.0 cm³/mol. The third-order valence-electron chi connectivity index (χ3n) is 3.51. The fourth-order valence-electron chi connectivity index (χ4n) is 2.57. The van der Waals surface area contributed by atoms with E-state index in [0.717, 1.165) is 30.2 Å². The lowest BCUT2D eigenvalue weighted by Gasteiger charge is -2.29. The first-order valence-electron chi connectivity index (χ1n) is 6.60. The van der Waals surface area contributed by atoms with E-state index < -0.39 is 0 Å². The maximum absolute atomic E-state index is 6.00. The van der Waals surface area contributed by atoms with E-state index in [9.17, 15) is 0 Å². The van der Waals surface area contributed by atoms with Gasteiger partial charge in [0.15, 0.2) is 5.75 Å². The van der Waals surface area contributed by atoms with Crippen LogP contribution in [0.1, 0.15) is 12.0 Å². The number of hydrogen-bond acceptors (Lipinski definition) is 3. The van der Waals surface area contributed by atoms with Crippen molar-refractivity contribution in [1.29, 1.82) is 0 Å². The molecular formula is C16H18N2O. The quantitative estimate of drug-likeness (QED) is 0.834. The summed E-state index contributed by atoms with van der Waals surface area (Å²) in [6.07, 6.45) is 2.33. The Labute approximate surface area is 113 Å². The molecule has 0 bridgehead atoms. The summed E-state index contributed by atoms with van der Waals surface area (Å²) in [5.74, 6) is 1.74. The Morgan fingerprint density at radius 1 is 1.11 bits per heavy atom. The van der Waals surface area contributed by atoms with Gasteiger partial charge in [0.2, 0.25) is 0 Å². The molecule has 3 nitrogen and oxygen atoms in total. The van der Waals surface area contributed by atoms with E-state index in [2.05, 4.69) is 24.1 Å². The zero-order valence-corrected chi connectivity index (χ0v) is 11.1. The zero-order chi connectivity index (χ0) is 13.2. The molecule has 1 heterocycles. The summed E-state index contributed by atoms with van der Waals surface area (Å²) in [6, 6.07) is 13.8. The maximum atomic E-state index is 6.00. The summed E-state index contributed by atoms with van der Waals surface area (Å²) in [4.78, 5) is 2.27. The molecule has 0 aliphatic carbocycles. The van der Waals surface area contributed by atoms with Crippen LogP contribution in [0.3, 0.4) is 0 Å². The molecule has 2 aromatic rings. The van der Waals surface area contributed by atoms with Crippen molar-refractivity contribution in [1.82, 2.24) is 0 Å². The average molecular weight is 254 g/mol. The van der Waals surface area contributed by atoms with Crippen LogP contribution in [0, 0.1) is 0 Å². The van der Waals surface area contributed by atoms with Crippen LogP contribution >= 0.6 is 0 Å². The molecule has 0 spiro atoms. The van der Waals surface area contributed by atoms with Gasteiger partial charge >= 0.3 is 0 Å². The first-order valence-corrected chi connectivity index (χ1v) is 6.60. The minimum absolute atomic E-state index is 0.750. The van der Waals surface area contributed by atoms with Crippen LogP contribution in [-0.4, -0.2) is 13.6 Å². The first kappa shape index (κ1) is 11.9. The van der Waals surface area contributed by atoms with Gasteiger partial charge in [-0.1, -0.05) is 12.1 Å².